The molecule has 0 heterocycles. The Hall–Kier alpha value is -0.580. The smallest absolute Gasteiger partial charge is 0.327 e. The van der Waals surface area contributed by atoms with Crippen molar-refractivity contribution in [2.24, 2.45) is 0 Å². The molecule has 0 fully saturated rings. The SMILES string of the molecule is CC(=O)N(I)C(Cc1ccc(O)cc1I)C(=O)O. The number of carboxylic acid groups (broad SMARTS) is 1. The molecule has 1 aromatic rings. The Morgan fingerprint density at radius 2 is 2.06 bits per heavy atom. The number of aliphatic carboxylic acids is 1. The number of halogens is 2. The lowest BCUT2D eigenvalue weighted by Gasteiger charge is -2.21. The van der Waals surface area contributed by atoms with Crippen LogP contribution < -0.4 is 0 Å². The van der Waals surface area contributed by atoms with Gasteiger partial charge in [0, 0.05) is 16.9 Å². The van der Waals surface area contributed by atoms with E-state index in [1.807, 2.05) is 22.6 Å². The minimum Gasteiger partial charge on any atom is -0.508 e. The maximum atomic E-state index is 11.2. The molecule has 2 N–H and O–H groups in total. The first-order valence-corrected chi connectivity index (χ1v) is 7.03. The fourth-order valence-corrected chi connectivity index (χ4v) is 2.55. The van der Waals surface area contributed by atoms with Crippen LogP contribution in [0, 0.1) is 3.57 Å². The highest BCUT2D eigenvalue weighted by atomic mass is 127. The summed E-state index contributed by atoms with van der Waals surface area (Å²) in [5.41, 5.74) is 0.781. The third kappa shape index (κ3) is 3.97. The van der Waals surface area contributed by atoms with Crippen molar-refractivity contribution in [3.8, 4) is 5.75 Å². The van der Waals surface area contributed by atoms with E-state index in [0.29, 0.717) is 0 Å². The van der Waals surface area contributed by atoms with Crippen LogP contribution in [0.4, 0.5) is 0 Å². The number of amides is 1. The van der Waals surface area contributed by atoms with Gasteiger partial charge in [0.1, 0.15) is 11.8 Å². The Kier molecular flexibility index (Phi) is 5.63. The molecule has 98 valence electrons. The second-order valence-corrected chi connectivity index (χ2v) is 5.87. The van der Waals surface area contributed by atoms with Crippen LogP contribution in [0.15, 0.2) is 18.2 Å². The molecule has 5 nitrogen and oxygen atoms in total. The summed E-state index contributed by atoms with van der Waals surface area (Å²) in [6.45, 7) is 1.32. The van der Waals surface area contributed by atoms with Gasteiger partial charge in [-0.1, -0.05) is 6.07 Å². The summed E-state index contributed by atoms with van der Waals surface area (Å²) in [7, 11) is 0. The van der Waals surface area contributed by atoms with E-state index in [1.165, 1.54) is 16.1 Å². The van der Waals surface area contributed by atoms with Gasteiger partial charge in [0.25, 0.3) is 0 Å². The number of carbonyl (C=O) groups is 2. The molecular formula is C11H11I2NO4. The van der Waals surface area contributed by atoms with E-state index < -0.39 is 12.0 Å². The summed E-state index contributed by atoms with van der Waals surface area (Å²) in [5.74, 6) is -1.23. The second-order valence-electron chi connectivity index (χ2n) is 3.66. The first-order valence-electron chi connectivity index (χ1n) is 4.98. The van der Waals surface area contributed by atoms with Gasteiger partial charge in [0.05, 0.1) is 22.9 Å². The summed E-state index contributed by atoms with van der Waals surface area (Å²) in [6, 6.07) is 3.81. The molecule has 18 heavy (non-hydrogen) atoms. The Morgan fingerprint density at radius 1 is 1.44 bits per heavy atom. The van der Waals surface area contributed by atoms with Crippen LogP contribution in [0.5, 0.6) is 5.75 Å². The van der Waals surface area contributed by atoms with Crippen LogP contribution in [-0.2, 0) is 16.0 Å². The number of hydrogen-bond acceptors (Lipinski definition) is 3. The van der Waals surface area contributed by atoms with Gasteiger partial charge in [0.2, 0.25) is 5.91 Å². The highest BCUT2D eigenvalue weighted by Crippen LogP contribution is 2.22. The van der Waals surface area contributed by atoms with Crippen LogP contribution >= 0.6 is 45.5 Å². The summed E-state index contributed by atoms with van der Waals surface area (Å²) < 4.78 is 1.94. The minimum absolute atomic E-state index is 0.132. The van der Waals surface area contributed by atoms with Crippen molar-refractivity contribution < 1.29 is 19.8 Å². The molecule has 1 rings (SSSR count). The normalized spacial score (nSPS) is 11.9. The molecule has 0 radical (unpaired) electrons. The van der Waals surface area contributed by atoms with Gasteiger partial charge in [-0.25, -0.2) is 4.79 Å². The van der Waals surface area contributed by atoms with E-state index in [-0.39, 0.29) is 18.1 Å². The lowest BCUT2D eigenvalue weighted by molar-refractivity contribution is -0.144. The van der Waals surface area contributed by atoms with Gasteiger partial charge in [-0.15, -0.1) is 0 Å². The van der Waals surface area contributed by atoms with E-state index in [2.05, 4.69) is 0 Å². The number of carboxylic acids is 1. The van der Waals surface area contributed by atoms with Crippen molar-refractivity contribution in [1.29, 1.82) is 0 Å². The lowest BCUT2D eigenvalue weighted by Crippen LogP contribution is -2.39. The van der Waals surface area contributed by atoms with Crippen molar-refractivity contribution in [1.82, 2.24) is 3.11 Å². The molecule has 1 amide bonds. The average molecular weight is 475 g/mol. The van der Waals surface area contributed by atoms with Gasteiger partial charge in [-0.2, -0.15) is 0 Å². The molecule has 0 aliphatic carbocycles. The van der Waals surface area contributed by atoms with Crippen molar-refractivity contribution in [2.75, 3.05) is 0 Å². The largest absolute Gasteiger partial charge is 0.508 e. The van der Waals surface area contributed by atoms with Crippen molar-refractivity contribution in [3.05, 3.63) is 27.3 Å². The molecular weight excluding hydrogens is 464 g/mol. The maximum absolute atomic E-state index is 11.2. The van der Waals surface area contributed by atoms with Gasteiger partial charge in [0.15, 0.2) is 0 Å². The Bertz CT molecular complexity index is 478. The zero-order valence-corrected chi connectivity index (χ0v) is 13.7. The number of phenolic OH excluding ortho intramolecular Hbond substituents is 1. The van der Waals surface area contributed by atoms with Crippen molar-refractivity contribution >= 4 is 57.3 Å². The van der Waals surface area contributed by atoms with Gasteiger partial charge >= 0.3 is 5.97 Å². The first-order chi connectivity index (χ1) is 8.32. The average Bonchev–Trinajstić information content (AvgIpc) is 2.26. The standard InChI is InChI=1S/C11H11I2NO4/c1-6(15)14(13)10(11(17)18)4-7-2-3-8(16)5-9(7)12/h2-3,5,10,16H,4H2,1H3,(H,17,18). The van der Waals surface area contributed by atoms with Gasteiger partial charge < -0.3 is 10.2 Å². The Balaban J connectivity index is 2.97. The quantitative estimate of drug-likeness (QED) is 0.518. The van der Waals surface area contributed by atoms with Crippen LogP contribution in [0.2, 0.25) is 0 Å². The number of nitrogens with zero attached hydrogens (tertiary/aromatic N) is 1. The molecule has 0 aliphatic heterocycles. The van der Waals surface area contributed by atoms with E-state index in [0.717, 1.165) is 9.13 Å². The van der Waals surface area contributed by atoms with E-state index >= 15 is 0 Å². The van der Waals surface area contributed by atoms with E-state index in [1.54, 1.807) is 35.0 Å². The third-order valence-corrected chi connectivity index (χ3v) is 4.67. The monoisotopic (exact) mass is 475 g/mol. The van der Waals surface area contributed by atoms with Gasteiger partial charge in [-0.05, 0) is 40.3 Å². The van der Waals surface area contributed by atoms with E-state index in [9.17, 15) is 14.7 Å². The zero-order valence-electron chi connectivity index (χ0n) is 9.43. The molecule has 0 spiro atoms. The summed E-state index contributed by atoms with van der Waals surface area (Å²) >= 11 is 3.73. The highest BCUT2D eigenvalue weighted by molar-refractivity contribution is 14.1. The zero-order chi connectivity index (χ0) is 13.9. The number of phenols is 1. The first kappa shape index (κ1) is 15.5. The second kappa shape index (κ2) is 6.55. The highest BCUT2D eigenvalue weighted by Gasteiger charge is 2.27. The Morgan fingerprint density at radius 3 is 2.50 bits per heavy atom. The molecule has 7 heteroatoms. The van der Waals surface area contributed by atoms with Crippen LogP contribution in [0.25, 0.3) is 0 Å². The molecule has 1 unspecified atom stereocenters. The number of carbonyl (C=O) groups excluding carboxylic acids is 1. The summed E-state index contributed by atoms with van der Waals surface area (Å²) in [6.07, 6.45) is 0.205. The van der Waals surface area contributed by atoms with Crippen LogP contribution in [0.1, 0.15) is 12.5 Å². The fourth-order valence-electron chi connectivity index (χ4n) is 1.39. The topological polar surface area (TPSA) is 77.8 Å². The summed E-state index contributed by atoms with van der Waals surface area (Å²) in [4.78, 5) is 22.4. The Labute approximate surface area is 132 Å². The maximum Gasteiger partial charge on any atom is 0.327 e. The number of aromatic hydroxyl groups is 1. The van der Waals surface area contributed by atoms with E-state index in [4.69, 9.17) is 5.11 Å². The van der Waals surface area contributed by atoms with Crippen molar-refractivity contribution in [3.63, 3.8) is 0 Å². The predicted molar refractivity (Wildman–Crippen MR) is 82.5 cm³/mol. The molecule has 1 atom stereocenters. The molecule has 0 saturated heterocycles. The van der Waals surface area contributed by atoms with Gasteiger partial charge in [-0.3, -0.25) is 7.91 Å². The third-order valence-electron chi connectivity index (χ3n) is 2.31. The van der Waals surface area contributed by atoms with Crippen LogP contribution in [-0.4, -0.2) is 31.2 Å². The number of benzene rings is 1. The van der Waals surface area contributed by atoms with Crippen LogP contribution in [0.3, 0.4) is 0 Å². The molecule has 0 aromatic heterocycles. The molecule has 0 bridgehead atoms. The predicted octanol–water partition coefficient (Wildman–Crippen LogP) is 2.19. The molecule has 1 aromatic carbocycles. The van der Waals surface area contributed by atoms with Crippen molar-refractivity contribution in [2.45, 2.75) is 19.4 Å². The molecule has 0 aliphatic rings. The minimum atomic E-state index is -1.05. The fraction of sp³-hybridized carbons (Fsp3) is 0.273. The number of hydrogen-bond donors (Lipinski definition) is 2. The number of rotatable bonds is 4. The summed E-state index contributed by atoms with van der Waals surface area (Å²) in [5, 5.41) is 18.4. The lowest BCUT2D eigenvalue weighted by atomic mass is 10.1. The molecule has 0 saturated carbocycles.